The van der Waals surface area contributed by atoms with Gasteiger partial charge in [-0.15, -0.1) is 0 Å². The molecule has 1 unspecified atom stereocenters. The van der Waals surface area contributed by atoms with E-state index >= 15 is 0 Å². The van der Waals surface area contributed by atoms with Gasteiger partial charge in [-0.05, 0) is 43.2 Å². The first kappa shape index (κ1) is 13.4. The Morgan fingerprint density at radius 2 is 1.95 bits per heavy atom. The van der Waals surface area contributed by atoms with Crippen LogP contribution in [-0.4, -0.2) is 11.5 Å². The van der Waals surface area contributed by atoms with Crippen molar-refractivity contribution in [1.29, 1.82) is 0 Å². The fourth-order valence-electron chi connectivity index (χ4n) is 3.25. The molecule has 2 aromatic rings. The molecule has 1 saturated carbocycles. The summed E-state index contributed by atoms with van der Waals surface area (Å²) in [4.78, 5) is 4.35. The highest BCUT2D eigenvalue weighted by Gasteiger charge is 2.17. The van der Waals surface area contributed by atoms with Gasteiger partial charge < -0.3 is 11.1 Å². The smallest absolute Gasteiger partial charge is 0.131 e. The monoisotopic (exact) mass is 269 g/mol. The minimum Gasteiger partial charge on any atom is -0.383 e. The summed E-state index contributed by atoms with van der Waals surface area (Å²) in [5, 5.41) is 5.94. The van der Waals surface area contributed by atoms with E-state index in [1.165, 1.54) is 36.6 Å². The van der Waals surface area contributed by atoms with Gasteiger partial charge in [0.05, 0.1) is 0 Å². The lowest BCUT2D eigenvalue weighted by Gasteiger charge is -2.19. The standard InChI is InChI=1S/C17H23N3/c1-12(19-10-13-6-2-3-7-13)16-11-20-17(18)15-9-5-4-8-14(15)16/h4-5,8-9,11-13,19H,2-3,6-7,10H2,1H3,(H2,18,20). The normalized spacial score (nSPS) is 17.6. The average molecular weight is 269 g/mol. The molecule has 0 spiro atoms. The van der Waals surface area contributed by atoms with Crippen LogP contribution >= 0.6 is 0 Å². The minimum atomic E-state index is 0.314. The second-order valence-electron chi connectivity index (χ2n) is 5.92. The maximum absolute atomic E-state index is 5.97. The van der Waals surface area contributed by atoms with Crippen molar-refractivity contribution in [1.82, 2.24) is 10.3 Å². The van der Waals surface area contributed by atoms with Gasteiger partial charge in [0.2, 0.25) is 0 Å². The zero-order valence-electron chi connectivity index (χ0n) is 12.1. The number of hydrogen-bond donors (Lipinski definition) is 2. The molecule has 1 fully saturated rings. The van der Waals surface area contributed by atoms with Crippen molar-refractivity contribution in [3.05, 3.63) is 36.0 Å². The molecule has 0 radical (unpaired) electrons. The van der Waals surface area contributed by atoms with Crippen molar-refractivity contribution in [2.75, 3.05) is 12.3 Å². The molecule has 0 aliphatic heterocycles. The molecule has 1 aromatic heterocycles. The van der Waals surface area contributed by atoms with Gasteiger partial charge in [0, 0.05) is 17.6 Å². The molecule has 1 aliphatic carbocycles. The number of benzene rings is 1. The van der Waals surface area contributed by atoms with Crippen molar-refractivity contribution in [3.63, 3.8) is 0 Å². The predicted octanol–water partition coefficient (Wildman–Crippen LogP) is 3.66. The number of nitrogens with one attached hydrogen (secondary N) is 1. The fraction of sp³-hybridized carbons (Fsp3) is 0.471. The van der Waals surface area contributed by atoms with Crippen molar-refractivity contribution < 1.29 is 0 Å². The zero-order valence-corrected chi connectivity index (χ0v) is 12.1. The Morgan fingerprint density at radius 1 is 1.25 bits per heavy atom. The Labute approximate surface area is 120 Å². The van der Waals surface area contributed by atoms with Crippen molar-refractivity contribution >= 4 is 16.6 Å². The summed E-state index contributed by atoms with van der Waals surface area (Å²) in [7, 11) is 0. The van der Waals surface area contributed by atoms with Crippen molar-refractivity contribution in [2.24, 2.45) is 5.92 Å². The lowest BCUT2D eigenvalue weighted by molar-refractivity contribution is 0.453. The van der Waals surface area contributed by atoms with Crippen LogP contribution in [0.3, 0.4) is 0 Å². The van der Waals surface area contributed by atoms with Gasteiger partial charge in [-0.25, -0.2) is 4.98 Å². The topological polar surface area (TPSA) is 50.9 Å². The molecule has 0 bridgehead atoms. The Hall–Kier alpha value is -1.61. The van der Waals surface area contributed by atoms with E-state index in [1.807, 2.05) is 18.3 Å². The van der Waals surface area contributed by atoms with Crippen LogP contribution in [0.2, 0.25) is 0 Å². The summed E-state index contributed by atoms with van der Waals surface area (Å²) in [6, 6.07) is 8.57. The zero-order chi connectivity index (χ0) is 13.9. The maximum atomic E-state index is 5.97. The molecular formula is C17H23N3. The van der Waals surface area contributed by atoms with Gasteiger partial charge in [0.25, 0.3) is 0 Å². The van der Waals surface area contributed by atoms with Crippen LogP contribution in [0.25, 0.3) is 10.8 Å². The summed E-state index contributed by atoms with van der Waals surface area (Å²) in [6.45, 7) is 3.33. The van der Waals surface area contributed by atoms with E-state index in [2.05, 4.69) is 29.4 Å². The lowest BCUT2D eigenvalue weighted by atomic mass is 10.0. The Kier molecular flexibility index (Phi) is 3.88. The molecule has 1 heterocycles. The molecule has 3 rings (SSSR count). The second kappa shape index (κ2) is 5.80. The van der Waals surface area contributed by atoms with Crippen LogP contribution in [-0.2, 0) is 0 Å². The van der Waals surface area contributed by atoms with E-state index in [4.69, 9.17) is 5.73 Å². The number of anilines is 1. The highest BCUT2D eigenvalue weighted by atomic mass is 14.9. The van der Waals surface area contributed by atoms with Gasteiger partial charge in [-0.2, -0.15) is 0 Å². The third-order valence-corrected chi connectivity index (χ3v) is 4.51. The minimum absolute atomic E-state index is 0.314. The predicted molar refractivity (Wildman–Crippen MR) is 84.5 cm³/mol. The van der Waals surface area contributed by atoms with E-state index in [-0.39, 0.29) is 0 Å². The number of pyridine rings is 1. The largest absolute Gasteiger partial charge is 0.383 e. The number of fused-ring (bicyclic) bond motifs is 1. The number of rotatable bonds is 4. The Bertz CT molecular complexity index is 588. The molecular weight excluding hydrogens is 246 g/mol. The SMILES string of the molecule is CC(NCC1CCCC1)c1cnc(N)c2ccccc12. The first-order valence-corrected chi connectivity index (χ1v) is 7.62. The molecule has 1 aliphatic rings. The van der Waals surface area contributed by atoms with Crippen LogP contribution in [0.5, 0.6) is 0 Å². The Morgan fingerprint density at radius 3 is 2.70 bits per heavy atom. The van der Waals surface area contributed by atoms with Crippen LogP contribution in [0.15, 0.2) is 30.5 Å². The summed E-state index contributed by atoms with van der Waals surface area (Å²) < 4.78 is 0. The number of nitrogens with zero attached hydrogens (tertiary/aromatic N) is 1. The lowest BCUT2D eigenvalue weighted by Crippen LogP contribution is -2.24. The first-order chi connectivity index (χ1) is 9.75. The average Bonchev–Trinajstić information content (AvgIpc) is 2.99. The molecule has 20 heavy (non-hydrogen) atoms. The highest BCUT2D eigenvalue weighted by molar-refractivity contribution is 5.93. The molecule has 1 aromatic carbocycles. The van der Waals surface area contributed by atoms with Gasteiger partial charge >= 0.3 is 0 Å². The summed E-state index contributed by atoms with van der Waals surface area (Å²) >= 11 is 0. The molecule has 1 atom stereocenters. The maximum Gasteiger partial charge on any atom is 0.131 e. The van der Waals surface area contributed by atoms with E-state index < -0.39 is 0 Å². The quantitative estimate of drug-likeness (QED) is 0.890. The van der Waals surface area contributed by atoms with Crippen LogP contribution in [0.1, 0.15) is 44.2 Å². The number of nitrogens with two attached hydrogens (primary N) is 1. The van der Waals surface area contributed by atoms with Gasteiger partial charge in [0.1, 0.15) is 5.82 Å². The summed E-state index contributed by atoms with van der Waals surface area (Å²) in [6.07, 6.45) is 7.46. The highest BCUT2D eigenvalue weighted by Crippen LogP contribution is 2.28. The van der Waals surface area contributed by atoms with Crippen LogP contribution in [0, 0.1) is 5.92 Å². The number of nitrogen functional groups attached to an aromatic ring is 1. The van der Waals surface area contributed by atoms with Crippen molar-refractivity contribution in [2.45, 2.75) is 38.6 Å². The van der Waals surface area contributed by atoms with E-state index in [0.717, 1.165) is 17.8 Å². The summed E-state index contributed by atoms with van der Waals surface area (Å²) in [5.74, 6) is 1.47. The molecule has 3 heteroatoms. The third kappa shape index (κ3) is 2.63. The second-order valence-corrected chi connectivity index (χ2v) is 5.92. The van der Waals surface area contributed by atoms with Crippen LogP contribution < -0.4 is 11.1 Å². The third-order valence-electron chi connectivity index (χ3n) is 4.51. The number of aromatic nitrogens is 1. The molecule has 106 valence electrons. The summed E-state index contributed by atoms with van der Waals surface area (Å²) in [5.41, 5.74) is 7.21. The number of hydrogen-bond acceptors (Lipinski definition) is 3. The molecule has 0 amide bonds. The van der Waals surface area contributed by atoms with Gasteiger partial charge in [0.15, 0.2) is 0 Å². The van der Waals surface area contributed by atoms with Crippen LogP contribution in [0.4, 0.5) is 5.82 Å². The molecule has 0 saturated heterocycles. The van der Waals surface area contributed by atoms with E-state index in [1.54, 1.807) is 0 Å². The molecule has 3 nitrogen and oxygen atoms in total. The van der Waals surface area contributed by atoms with Gasteiger partial charge in [-0.1, -0.05) is 37.1 Å². The first-order valence-electron chi connectivity index (χ1n) is 7.62. The van der Waals surface area contributed by atoms with E-state index in [0.29, 0.717) is 11.9 Å². The van der Waals surface area contributed by atoms with Crippen molar-refractivity contribution in [3.8, 4) is 0 Å². The fourth-order valence-corrected chi connectivity index (χ4v) is 3.25. The Balaban J connectivity index is 1.80. The van der Waals surface area contributed by atoms with Gasteiger partial charge in [-0.3, -0.25) is 0 Å². The van der Waals surface area contributed by atoms with E-state index in [9.17, 15) is 0 Å². The molecule has 3 N–H and O–H groups in total.